The summed E-state index contributed by atoms with van der Waals surface area (Å²) in [6.07, 6.45) is 0. The smallest absolute Gasteiger partial charge is 0.269 e. The molecule has 0 saturated carbocycles. The monoisotopic (exact) mass is 302 g/mol. The second-order valence-corrected chi connectivity index (χ2v) is 3.96. The minimum Gasteiger partial charge on any atom is -0.451 e. The van der Waals surface area contributed by atoms with Crippen LogP contribution in [0.5, 0.6) is 11.5 Å². The molecule has 110 valence electrons. The van der Waals surface area contributed by atoms with Gasteiger partial charge >= 0.3 is 0 Å². The molecule has 5 nitrogen and oxygen atoms in total. The Morgan fingerprint density at radius 1 is 1.14 bits per heavy atom. The van der Waals surface area contributed by atoms with Crippen LogP contribution in [-0.4, -0.2) is 9.91 Å². The van der Waals surface area contributed by atoms with Crippen LogP contribution >= 0.6 is 0 Å². The zero-order valence-corrected chi connectivity index (χ0v) is 10.4. The number of hydrogen-bond donors (Lipinski definition) is 0. The summed E-state index contributed by atoms with van der Waals surface area (Å²) in [5.74, 6) is -8.81. The minimum absolute atomic E-state index is 0.153. The maximum absolute atomic E-state index is 13.4. The van der Waals surface area contributed by atoms with Crippen LogP contribution in [0, 0.1) is 40.6 Å². The number of benzene rings is 1. The highest BCUT2D eigenvalue weighted by molar-refractivity contribution is 5.45. The maximum atomic E-state index is 13.4. The van der Waals surface area contributed by atoms with Gasteiger partial charge in [-0.05, 0) is 18.6 Å². The van der Waals surface area contributed by atoms with Crippen molar-refractivity contribution in [3.05, 3.63) is 57.4 Å². The summed E-state index contributed by atoms with van der Waals surface area (Å²) in [4.78, 5) is 12.3. The number of nitrogens with zero attached hydrogens (tertiary/aromatic N) is 2. The maximum Gasteiger partial charge on any atom is 0.269 e. The van der Waals surface area contributed by atoms with Gasteiger partial charge in [-0.15, -0.1) is 0 Å². The van der Waals surface area contributed by atoms with Crippen molar-refractivity contribution >= 4 is 5.69 Å². The Hall–Kier alpha value is -2.71. The van der Waals surface area contributed by atoms with Crippen LogP contribution in [0.4, 0.5) is 23.2 Å². The highest BCUT2D eigenvalue weighted by atomic mass is 19.2. The number of hydrogen-bond acceptors (Lipinski definition) is 4. The van der Waals surface area contributed by atoms with Gasteiger partial charge in [-0.3, -0.25) is 10.1 Å². The lowest BCUT2D eigenvalue weighted by Crippen LogP contribution is -2.03. The zero-order chi connectivity index (χ0) is 15.7. The second-order valence-electron chi connectivity index (χ2n) is 3.96. The van der Waals surface area contributed by atoms with E-state index in [9.17, 15) is 27.7 Å². The van der Waals surface area contributed by atoms with E-state index in [0.717, 1.165) is 18.2 Å². The number of aromatic nitrogens is 1. The molecule has 0 aliphatic carbocycles. The Bertz CT molecular complexity index is 711. The van der Waals surface area contributed by atoms with Gasteiger partial charge in [0.25, 0.3) is 17.6 Å². The number of rotatable bonds is 3. The van der Waals surface area contributed by atoms with E-state index in [1.165, 1.54) is 6.92 Å². The lowest BCUT2D eigenvalue weighted by Gasteiger charge is -2.10. The van der Waals surface area contributed by atoms with Crippen LogP contribution in [0.2, 0.25) is 0 Å². The minimum atomic E-state index is -1.86. The largest absolute Gasteiger partial charge is 0.451 e. The van der Waals surface area contributed by atoms with Crippen molar-refractivity contribution in [2.24, 2.45) is 0 Å². The molecule has 0 radical (unpaired) electrons. The van der Waals surface area contributed by atoms with Crippen molar-refractivity contribution < 1.29 is 27.2 Å². The Morgan fingerprint density at radius 2 is 1.71 bits per heavy atom. The molecule has 0 aliphatic heterocycles. The van der Waals surface area contributed by atoms with Crippen molar-refractivity contribution in [2.75, 3.05) is 0 Å². The molecular formula is C12H6F4N2O3. The third-order valence-corrected chi connectivity index (χ3v) is 2.54. The first kappa shape index (κ1) is 14.7. The molecule has 1 aromatic carbocycles. The number of nitro groups is 1. The van der Waals surface area contributed by atoms with E-state index in [1.807, 2.05) is 0 Å². The standard InChI is InChI=1S/C12H6F4N2O3/c1-5-4-6(18(19)20)2-3-7(5)21-10-8(13)11(15)17-12(16)9(10)14/h2-4H,1H3. The molecule has 0 aliphatic rings. The van der Waals surface area contributed by atoms with E-state index in [-0.39, 0.29) is 17.0 Å². The van der Waals surface area contributed by atoms with Crippen LogP contribution in [0.15, 0.2) is 18.2 Å². The van der Waals surface area contributed by atoms with E-state index in [4.69, 9.17) is 4.74 Å². The number of halogens is 4. The van der Waals surface area contributed by atoms with Crippen molar-refractivity contribution in [3.63, 3.8) is 0 Å². The van der Waals surface area contributed by atoms with Gasteiger partial charge in [-0.2, -0.15) is 22.5 Å². The van der Waals surface area contributed by atoms with Gasteiger partial charge in [0.2, 0.25) is 17.4 Å². The molecule has 1 heterocycles. The molecule has 0 N–H and O–H groups in total. The highest BCUT2D eigenvalue weighted by Crippen LogP contribution is 2.32. The van der Waals surface area contributed by atoms with E-state index >= 15 is 0 Å². The topological polar surface area (TPSA) is 65.3 Å². The van der Waals surface area contributed by atoms with E-state index in [1.54, 1.807) is 0 Å². The fourth-order valence-electron chi connectivity index (χ4n) is 1.53. The van der Waals surface area contributed by atoms with Crippen molar-refractivity contribution in [1.29, 1.82) is 0 Å². The van der Waals surface area contributed by atoms with Crippen molar-refractivity contribution in [3.8, 4) is 11.5 Å². The molecule has 0 spiro atoms. The van der Waals surface area contributed by atoms with E-state index < -0.39 is 34.2 Å². The Balaban J connectivity index is 2.46. The average Bonchev–Trinajstić information content (AvgIpc) is 2.42. The normalized spacial score (nSPS) is 10.5. The predicted molar refractivity (Wildman–Crippen MR) is 62.0 cm³/mol. The van der Waals surface area contributed by atoms with E-state index in [0.29, 0.717) is 0 Å². The molecule has 0 unspecified atom stereocenters. The molecule has 0 amide bonds. The van der Waals surface area contributed by atoms with E-state index in [2.05, 4.69) is 4.98 Å². The molecule has 0 bridgehead atoms. The van der Waals surface area contributed by atoms with Crippen molar-refractivity contribution in [1.82, 2.24) is 4.98 Å². The molecule has 2 aromatic rings. The molecule has 21 heavy (non-hydrogen) atoms. The zero-order valence-electron chi connectivity index (χ0n) is 10.4. The molecular weight excluding hydrogens is 296 g/mol. The molecule has 9 heteroatoms. The molecule has 0 atom stereocenters. The number of ether oxygens (including phenoxy) is 1. The van der Waals surface area contributed by atoms with Crippen LogP contribution in [-0.2, 0) is 0 Å². The summed E-state index contributed by atoms with van der Waals surface area (Å²) < 4.78 is 57.4. The third-order valence-electron chi connectivity index (χ3n) is 2.54. The van der Waals surface area contributed by atoms with Gasteiger partial charge in [-0.25, -0.2) is 0 Å². The van der Waals surface area contributed by atoms with Gasteiger partial charge in [-0.1, -0.05) is 0 Å². The predicted octanol–water partition coefficient (Wildman–Crippen LogP) is 3.65. The molecule has 1 aromatic heterocycles. The van der Waals surface area contributed by atoms with Crippen LogP contribution in [0.3, 0.4) is 0 Å². The first-order valence-corrected chi connectivity index (χ1v) is 5.44. The van der Waals surface area contributed by atoms with Crippen molar-refractivity contribution in [2.45, 2.75) is 6.92 Å². The lowest BCUT2D eigenvalue weighted by atomic mass is 10.2. The van der Waals surface area contributed by atoms with Crippen LogP contribution in [0.25, 0.3) is 0 Å². The van der Waals surface area contributed by atoms with Gasteiger partial charge in [0.15, 0.2) is 0 Å². The lowest BCUT2D eigenvalue weighted by molar-refractivity contribution is -0.384. The molecule has 0 fully saturated rings. The van der Waals surface area contributed by atoms with Gasteiger partial charge in [0, 0.05) is 12.1 Å². The number of non-ortho nitro benzene ring substituents is 1. The Morgan fingerprint density at radius 3 is 2.19 bits per heavy atom. The van der Waals surface area contributed by atoms with Crippen LogP contribution in [0.1, 0.15) is 5.56 Å². The molecule has 0 saturated heterocycles. The first-order chi connectivity index (χ1) is 9.81. The summed E-state index contributed by atoms with van der Waals surface area (Å²) in [6, 6.07) is 3.16. The van der Waals surface area contributed by atoms with Gasteiger partial charge in [0.05, 0.1) is 4.92 Å². The third kappa shape index (κ3) is 2.76. The fourth-order valence-corrected chi connectivity index (χ4v) is 1.53. The second kappa shape index (κ2) is 5.35. The fraction of sp³-hybridized carbons (Fsp3) is 0.0833. The molecule has 2 rings (SSSR count). The average molecular weight is 302 g/mol. The summed E-state index contributed by atoms with van der Waals surface area (Å²) in [5, 5.41) is 10.6. The number of aryl methyl sites for hydroxylation is 1. The summed E-state index contributed by atoms with van der Waals surface area (Å²) in [5.41, 5.74) is -0.117. The number of nitro benzene ring substituents is 1. The summed E-state index contributed by atoms with van der Waals surface area (Å²) in [7, 11) is 0. The quantitative estimate of drug-likeness (QED) is 0.376. The Labute approximate surface area is 115 Å². The SMILES string of the molecule is Cc1cc([N+](=O)[O-])ccc1Oc1c(F)c(F)nc(F)c1F. The summed E-state index contributed by atoms with van der Waals surface area (Å²) in [6.45, 7) is 1.37. The van der Waals surface area contributed by atoms with Crippen LogP contribution < -0.4 is 4.74 Å². The first-order valence-electron chi connectivity index (χ1n) is 5.44. The highest BCUT2D eigenvalue weighted by Gasteiger charge is 2.23. The van der Waals surface area contributed by atoms with Gasteiger partial charge < -0.3 is 4.74 Å². The Kier molecular flexibility index (Phi) is 3.74. The number of pyridine rings is 1. The van der Waals surface area contributed by atoms with Gasteiger partial charge in [0.1, 0.15) is 5.75 Å². The summed E-state index contributed by atoms with van der Waals surface area (Å²) >= 11 is 0.